The zero-order chi connectivity index (χ0) is 27.0. The number of alkyl halides is 4. The van der Waals surface area contributed by atoms with Crippen molar-refractivity contribution in [1.29, 1.82) is 0 Å². The Morgan fingerprint density at radius 3 is 2.24 bits per heavy atom. The Bertz CT molecular complexity index is 1370. The lowest BCUT2D eigenvalue weighted by Crippen LogP contribution is -2.19. The van der Waals surface area contributed by atoms with E-state index in [4.69, 9.17) is 4.74 Å². The molecule has 0 fully saturated rings. The minimum absolute atomic E-state index is 0.0699. The van der Waals surface area contributed by atoms with Crippen LogP contribution in [0.25, 0.3) is 0 Å². The number of carbonyl (C=O) groups is 1. The second-order valence-electron chi connectivity index (χ2n) is 7.02. The van der Waals surface area contributed by atoms with Crippen LogP contribution >= 0.6 is 0 Å². The summed E-state index contributed by atoms with van der Waals surface area (Å²) in [7, 11) is -2.57. The van der Waals surface area contributed by atoms with E-state index in [2.05, 4.69) is 24.7 Å². The molecule has 0 aliphatic carbocycles. The van der Waals surface area contributed by atoms with Gasteiger partial charge >= 0.3 is 13.2 Å². The first-order chi connectivity index (χ1) is 17.6. The monoisotopic (exact) mass is 541 g/mol. The summed E-state index contributed by atoms with van der Waals surface area (Å²) in [5, 5.41) is 3.64. The Kier molecular flexibility index (Phi) is 8.90. The first-order valence-corrected chi connectivity index (χ1v) is 11.7. The highest BCUT2D eigenvalue weighted by atomic mass is 32.2. The number of rotatable bonds is 11. The zero-order valence-electron chi connectivity index (χ0n) is 18.9. The van der Waals surface area contributed by atoms with E-state index in [-0.39, 0.29) is 21.7 Å². The highest BCUT2D eigenvalue weighted by Crippen LogP contribution is 2.26. The van der Waals surface area contributed by atoms with Gasteiger partial charge in [-0.05, 0) is 54.6 Å². The lowest BCUT2D eigenvalue weighted by Gasteiger charge is -2.11. The summed E-state index contributed by atoms with van der Waals surface area (Å²) >= 11 is 0. The van der Waals surface area contributed by atoms with Crippen molar-refractivity contribution in [2.75, 3.05) is 11.8 Å². The average molecular weight is 541 g/mol. The van der Waals surface area contributed by atoms with Crippen molar-refractivity contribution in [1.82, 2.24) is 5.43 Å². The van der Waals surface area contributed by atoms with Gasteiger partial charge in [0.05, 0.1) is 18.2 Å². The largest absolute Gasteiger partial charge is 0.497 e. The third kappa shape index (κ3) is 7.83. The highest BCUT2D eigenvalue weighted by molar-refractivity contribution is 7.92. The minimum atomic E-state index is -4.04. The number of benzene rings is 3. The standard InChI is InChI=1S/C23H19F4N3O6S/c1-34-17-9-6-16(7-10-17)30-37(32,33)19-4-2-3-14(11-19)21(31)29-28-13-15-5-8-18(35-22(24)25)12-20(15)36-23(26)27/h2-13,22-23,30H,1H3,(H,29,31). The van der Waals surface area contributed by atoms with E-state index in [0.29, 0.717) is 5.75 Å². The fraction of sp³-hybridized carbons (Fsp3) is 0.130. The molecule has 0 aliphatic rings. The van der Waals surface area contributed by atoms with Gasteiger partial charge in [0.1, 0.15) is 17.2 Å². The van der Waals surface area contributed by atoms with Crippen molar-refractivity contribution in [2.45, 2.75) is 18.1 Å². The first-order valence-electron chi connectivity index (χ1n) is 10.2. The van der Waals surface area contributed by atoms with Crippen LogP contribution in [0.15, 0.2) is 76.7 Å². The van der Waals surface area contributed by atoms with Gasteiger partial charge in [0.25, 0.3) is 15.9 Å². The third-order valence-electron chi connectivity index (χ3n) is 4.54. The summed E-state index contributed by atoms with van der Waals surface area (Å²) in [6.07, 6.45) is 0.938. The Balaban J connectivity index is 1.72. The third-order valence-corrected chi connectivity index (χ3v) is 5.92. The quantitative estimate of drug-likeness (QED) is 0.210. The molecule has 0 radical (unpaired) electrons. The van der Waals surface area contributed by atoms with Gasteiger partial charge in [-0.25, -0.2) is 13.8 Å². The maximum Gasteiger partial charge on any atom is 0.387 e. The van der Waals surface area contributed by atoms with Gasteiger partial charge in [-0.1, -0.05) is 6.07 Å². The molecule has 9 nitrogen and oxygen atoms in total. The first kappa shape index (κ1) is 27.3. The number of sulfonamides is 1. The van der Waals surface area contributed by atoms with Crippen LogP contribution < -0.4 is 24.4 Å². The molecule has 2 N–H and O–H groups in total. The van der Waals surface area contributed by atoms with Crippen LogP contribution in [-0.2, 0) is 10.0 Å². The predicted octanol–water partition coefficient (Wildman–Crippen LogP) is 4.46. The van der Waals surface area contributed by atoms with E-state index in [1.165, 1.54) is 37.4 Å². The van der Waals surface area contributed by atoms with Crippen molar-refractivity contribution in [3.63, 3.8) is 0 Å². The van der Waals surface area contributed by atoms with Crippen molar-refractivity contribution in [2.24, 2.45) is 5.10 Å². The molecular formula is C23H19F4N3O6S. The van der Waals surface area contributed by atoms with Crippen LogP contribution in [0, 0.1) is 0 Å². The fourth-order valence-electron chi connectivity index (χ4n) is 2.90. The summed E-state index contributed by atoms with van der Waals surface area (Å²) in [5.41, 5.74) is 2.24. The van der Waals surface area contributed by atoms with Gasteiger partial charge in [-0.2, -0.15) is 22.7 Å². The molecule has 0 aromatic heterocycles. The molecule has 1 amide bonds. The number of halogens is 4. The number of amides is 1. The van der Waals surface area contributed by atoms with E-state index >= 15 is 0 Å². The summed E-state index contributed by atoms with van der Waals surface area (Å²) in [6, 6.07) is 14.2. The summed E-state index contributed by atoms with van der Waals surface area (Å²) in [4.78, 5) is 12.3. The average Bonchev–Trinajstić information content (AvgIpc) is 2.85. The van der Waals surface area contributed by atoms with Crippen molar-refractivity contribution in [3.8, 4) is 17.2 Å². The highest BCUT2D eigenvalue weighted by Gasteiger charge is 2.17. The Labute approximate surface area is 208 Å². The second kappa shape index (κ2) is 12.1. The van der Waals surface area contributed by atoms with Gasteiger partial charge in [0, 0.05) is 22.9 Å². The molecule has 0 spiro atoms. The van der Waals surface area contributed by atoms with Crippen LogP contribution in [0.5, 0.6) is 17.2 Å². The van der Waals surface area contributed by atoms with Gasteiger partial charge in [0.15, 0.2) is 0 Å². The number of anilines is 1. The van der Waals surface area contributed by atoms with Crippen LogP contribution in [-0.4, -0.2) is 40.9 Å². The molecule has 14 heteroatoms. The van der Waals surface area contributed by atoms with E-state index in [1.807, 2.05) is 0 Å². The van der Waals surface area contributed by atoms with Gasteiger partial charge in [0.2, 0.25) is 0 Å². The van der Waals surface area contributed by atoms with Crippen LogP contribution in [0.2, 0.25) is 0 Å². The number of hydrazone groups is 1. The van der Waals surface area contributed by atoms with Crippen molar-refractivity contribution in [3.05, 3.63) is 77.9 Å². The van der Waals surface area contributed by atoms with Crippen LogP contribution in [0.3, 0.4) is 0 Å². The van der Waals surface area contributed by atoms with E-state index < -0.39 is 40.7 Å². The van der Waals surface area contributed by atoms with Gasteiger partial charge < -0.3 is 14.2 Å². The smallest absolute Gasteiger partial charge is 0.387 e. The SMILES string of the molecule is COc1ccc(NS(=O)(=O)c2cccc(C(=O)NN=Cc3ccc(OC(F)F)cc3OC(F)F)c2)cc1. The van der Waals surface area contributed by atoms with Crippen molar-refractivity contribution < 1.29 is 45.0 Å². The molecule has 0 saturated heterocycles. The molecule has 0 bridgehead atoms. The lowest BCUT2D eigenvalue weighted by molar-refractivity contribution is -0.0543. The Morgan fingerprint density at radius 2 is 1.59 bits per heavy atom. The molecule has 196 valence electrons. The fourth-order valence-corrected chi connectivity index (χ4v) is 4.00. The number of ether oxygens (including phenoxy) is 3. The maximum atomic E-state index is 12.7. The van der Waals surface area contributed by atoms with Gasteiger partial charge in [-0.15, -0.1) is 0 Å². The number of hydrogen-bond acceptors (Lipinski definition) is 7. The molecule has 3 rings (SSSR count). The summed E-state index contributed by atoms with van der Waals surface area (Å²) in [6.45, 7) is -6.44. The predicted molar refractivity (Wildman–Crippen MR) is 125 cm³/mol. The molecule has 0 aliphatic heterocycles. The van der Waals surface area contributed by atoms with Crippen LogP contribution in [0.4, 0.5) is 23.2 Å². The number of hydrogen-bond donors (Lipinski definition) is 2. The molecule has 0 atom stereocenters. The Hall–Kier alpha value is -4.33. The van der Waals surface area contributed by atoms with E-state index in [0.717, 1.165) is 30.5 Å². The number of nitrogens with zero attached hydrogens (tertiary/aromatic N) is 1. The topological polar surface area (TPSA) is 115 Å². The molecule has 3 aromatic rings. The van der Waals surface area contributed by atoms with Crippen LogP contribution in [0.1, 0.15) is 15.9 Å². The molecule has 0 heterocycles. The minimum Gasteiger partial charge on any atom is -0.497 e. The normalized spacial score (nSPS) is 11.5. The van der Waals surface area contributed by atoms with E-state index in [1.54, 1.807) is 12.1 Å². The lowest BCUT2D eigenvalue weighted by atomic mass is 10.2. The second-order valence-corrected chi connectivity index (χ2v) is 8.70. The molecule has 0 unspecified atom stereocenters. The molecule has 37 heavy (non-hydrogen) atoms. The zero-order valence-corrected chi connectivity index (χ0v) is 19.7. The van der Waals surface area contributed by atoms with Crippen molar-refractivity contribution >= 4 is 27.8 Å². The summed E-state index contributed by atoms with van der Waals surface area (Å²) in [5.74, 6) is -1.23. The number of nitrogens with one attached hydrogen (secondary N) is 2. The number of methoxy groups -OCH3 is 1. The van der Waals surface area contributed by atoms with Gasteiger partial charge in [-0.3, -0.25) is 9.52 Å². The molecule has 0 saturated carbocycles. The maximum absolute atomic E-state index is 12.7. The molecular weight excluding hydrogens is 522 g/mol. The Morgan fingerprint density at radius 1 is 0.919 bits per heavy atom. The number of carbonyl (C=O) groups excluding carboxylic acids is 1. The van der Waals surface area contributed by atoms with E-state index in [9.17, 15) is 30.8 Å². The molecule has 3 aromatic carbocycles. The summed E-state index contributed by atoms with van der Waals surface area (Å²) < 4.78 is 91.4.